The Morgan fingerprint density at radius 1 is 1.35 bits per heavy atom. The number of carbonyl (C=O) groups excluding carboxylic acids is 2. The minimum atomic E-state index is -1.50. The Kier molecular flexibility index (Phi) is 4.03. The zero-order chi connectivity index (χ0) is 13.1. The van der Waals surface area contributed by atoms with Crippen LogP contribution in [0.25, 0.3) is 0 Å². The molecular weight excluding hydrogens is 230 g/mol. The summed E-state index contributed by atoms with van der Waals surface area (Å²) in [6.45, 7) is -0.426. The van der Waals surface area contributed by atoms with E-state index in [-0.39, 0.29) is 6.42 Å². The third kappa shape index (κ3) is 2.22. The summed E-state index contributed by atoms with van der Waals surface area (Å²) < 4.78 is 9.22. The lowest BCUT2D eigenvalue weighted by atomic mass is 9.77. The van der Waals surface area contributed by atoms with E-state index in [2.05, 4.69) is 9.47 Å². The first kappa shape index (κ1) is 13.4. The van der Waals surface area contributed by atoms with Crippen LogP contribution >= 0.6 is 0 Å². The molecule has 0 radical (unpaired) electrons. The second kappa shape index (κ2) is 5.11. The second-order valence-corrected chi connectivity index (χ2v) is 4.06. The molecule has 0 aromatic heterocycles. The first-order valence-corrected chi connectivity index (χ1v) is 5.27. The second-order valence-electron chi connectivity index (χ2n) is 4.06. The van der Waals surface area contributed by atoms with Gasteiger partial charge in [0.1, 0.15) is 0 Å². The lowest BCUT2D eigenvalue weighted by molar-refractivity contribution is -0.490. The van der Waals surface area contributed by atoms with Crippen molar-refractivity contribution in [3.63, 3.8) is 0 Å². The molecule has 1 atom stereocenters. The van der Waals surface area contributed by atoms with E-state index in [0.29, 0.717) is 12.8 Å². The molecule has 7 heteroatoms. The summed E-state index contributed by atoms with van der Waals surface area (Å²) in [5, 5.41) is 10.6. The van der Waals surface area contributed by atoms with Crippen molar-refractivity contribution in [2.45, 2.75) is 19.3 Å². The molecular formula is C10H15NO6. The molecule has 0 aliphatic heterocycles. The highest BCUT2D eigenvalue weighted by Gasteiger charge is 2.58. The van der Waals surface area contributed by atoms with Gasteiger partial charge in [-0.15, -0.1) is 0 Å². The first-order valence-electron chi connectivity index (χ1n) is 5.27. The summed E-state index contributed by atoms with van der Waals surface area (Å²) in [6, 6.07) is 0. The molecule has 1 unspecified atom stereocenters. The van der Waals surface area contributed by atoms with Gasteiger partial charge in [0, 0.05) is 4.92 Å². The van der Waals surface area contributed by atoms with Gasteiger partial charge in [-0.3, -0.25) is 19.7 Å². The Labute approximate surface area is 98.2 Å². The number of hydrogen-bond acceptors (Lipinski definition) is 6. The number of rotatable bonds is 4. The number of nitro groups is 1. The van der Waals surface area contributed by atoms with Crippen LogP contribution in [0.1, 0.15) is 19.3 Å². The topological polar surface area (TPSA) is 95.7 Å². The van der Waals surface area contributed by atoms with Gasteiger partial charge in [0.25, 0.3) is 0 Å². The standard InChI is InChI=1S/C10H15NO6/c1-16-8(12)10(9(13)17-2)5-3-4-7(10)6-11(14)15/h7H,3-6H2,1-2H3. The van der Waals surface area contributed by atoms with Gasteiger partial charge in [0.15, 0.2) is 5.41 Å². The van der Waals surface area contributed by atoms with Gasteiger partial charge in [-0.2, -0.15) is 0 Å². The lowest BCUT2D eigenvalue weighted by Gasteiger charge is -2.27. The molecule has 1 aliphatic carbocycles. The maximum atomic E-state index is 11.8. The summed E-state index contributed by atoms with van der Waals surface area (Å²) in [5.41, 5.74) is -1.50. The van der Waals surface area contributed by atoms with Crippen LogP contribution < -0.4 is 0 Å². The predicted octanol–water partition coefficient (Wildman–Crippen LogP) is 0.396. The molecule has 7 nitrogen and oxygen atoms in total. The van der Waals surface area contributed by atoms with Crippen molar-refractivity contribution in [1.29, 1.82) is 0 Å². The maximum absolute atomic E-state index is 11.8. The normalized spacial score (nSPS) is 21.9. The van der Waals surface area contributed by atoms with Crippen LogP contribution in [-0.2, 0) is 19.1 Å². The maximum Gasteiger partial charge on any atom is 0.323 e. The van der Waals surface area contributed by atoms with Crippen molar-refractivity contribution in [1.82, 2.24) is 0 Å². The number of carbonyl (C=O) groups is 2. The van der Waals surface area contributed by atoms with Crippen LogP contribution in [0, 0.1) is 21.4 Å². The van der Waals surface area contributed by atoms with Crippen LogP contribution in [0.15, 0.2) is 0 Å². The fraction of sp³-hybridized carbons (Fsp3) is 0.800. The number of methoxy groups -OCH3 is 2. The summed E-state index contributed by atoms with van der Waals surface area (Å²) in [4.78, 5) is 33.6. The van der Waals surface area contributed by atoms with Crippen molar-refractivity contribution < 1.29 is 24.0 Å². The third-order valence-corrected chi connectivity index (χ3v) is 3.29. The fourth-order valence-electron chi connectivity index (χ4n) is 2.49. The molecule has 96 valence electrons. The monoisotopic (exact) mass is 245 g/mol. The first-order chi connectivity index (χ1) is 7.98. The highest BCUT2D eigenvalue weighted by atomic mass is 16.6. The van der Waals surface area contributed by atoms with E-state index in [1.165, 1.54) is 0 Å². The minimum Gasteiger partial charge on any atom is -0.468 e. The van der Waals surface area contributed by atoms with Gasteiger partial charge in [-0.25, -0.2) is 0 Å². The van der Waals surface area contributed by atoms with E-state index in [1.807, 2.05) is 0 Å². The fourth-order valence-corrected chi connectivity index (χ4v) is 2.49. The molecule has 0 heterocycles. The molecule has 17 heavy (non-hydrogen) atoms. The molecule has 1 aliphatic rings. The van der Waals surface area contributed by atoms with E-state index >= 15 is 0 Å². The highest BCUT2D eigenvalue weighted by Crippen LogP contribution is 2.45. The van der Waals surface area contributed by atoms with Gasteiger partial charge in [-0.1, -0.05) is 6.42 Å². The number of ether oxygens (including phenoxy) is 2. The van der Waals surface area contributed by atoms with E-state index in [1.54, 1.807) is 0 Å². The Balaban J connectivity index is 3.07. The van der Waals surface area contributed by atoms with Gasteiger partial charge in [-0.05, 0) is 12.8 Å². The molecule has 0 amide bonds. The Bertz CT molecular complexity index is 324. The average molecular weight is 245 g/mol. The minimum absolute atomic E-state index is 0.241. The zero-order valence-corrected chi connectivity index (χ0v) is 9.80. The number of esters is 2. The molecule has 0 N–H and O–H groups in total. The quantitative estimate of drug-likeness (QED) is 0.308. The lowest BCUT2D eigenvalue weighted by Crippen LogP contribution is -2.46. The Morgan fingerprint density at radius 3 is 2.29 bits per heavy atom. The predicted molar refractivity (Wildman–Crippen MR) is 55.7 cm³/mol. The summed E-state index contributed by atoms with van der Waals surface area (Å²) >= 11 is 0. The highest BCUT2D eigenvalue weighted by molar-refractivity contribution is 6.00. The van der Waals surface area contributed by atoms with Crippen LogP contribution in [0.2, 0.25) is 0 Å². The molecule has 1 saturated carbocycles. The summed E-state index contributed by atoms with van der Waals surface area (Å²) in [6.07, 6.45) is 1.26. The van der Waals surface area contributed by atoms with E-state index in [4.69, 9.17) is 0 Å². The van der Waals surface area contributed by atoms with E-state index < -0.39 is 34.7 Å². The molecule has 0 aromatic carbocycles. The zero-order valence-electron chi connectivity index (χ0n) is 9.80. The van der Waals surface area contributed by atoms with E-state index in [9.17, 15) is 19.7 Å². The van der Waals surface area contributed by atoms with Crippen LogP contribution in [0.5, 0.6) is 0 Å². The van der Waals surface area contributed by atoms with Crippen LogP contribution in [-0.4, -0.2) is 37.6 Å². The molecule has 0 aromatic rings. The van der Waals surface area contributed by atoms with Crippen molar-refractivity contribution in [2.24, 2.45) is 11.3 Å². The molecule has 0 spiro atoms. The van der Waals surface area contributed by atoms with Crippen LogP contribution in [0.4, 0.5) is 0 Å². The van der Waals surface area contributed by atoms with Crippen molar-refractivity contribution in [3.05, 3.63) is 10.1 Å². The van der Waals surface area contributed by atoms with Gasteiger partial charge >= 0.3 is 11.9 Å². The van der Waals surface area contributed by atoms with Gasteiger partial charge < -0.3 is 9.47 Å². The third-order valence-electron chi connectivity index (χ3n) is 3.29. The average Bonchev–Trinajstić information content (AvgIpc) is 2.70. The largest absolute Gasteiger partial charge is 0.468 e. The Hall–Kier alpha value is -1.66. The van der Waals surface area contributed by atoms with Gasteiger partial charge in [0.05, 0.1) is 20.1 Å². The molecule has 0 saturated heterocycles. The van der Waals surface area contributed by atoms with Crippen molar-refractivity contribution in [2.75, 3.05) is 20.8 Å². The molecule has 0 bridgehead atoms. The number of hydrogen-bond donors (Lipinski definition) is 0. The summed E-state index contributed by atoms with van der Waals surface area (Å²) in [7, 11) is 2.32. The van der Waals surface area contributed by atoms with E-state index in [0.717, 1.165) is 14.2 Å². The van der Waals surface area contributed by atoms with Crippen molar-refractivity contribution >= 4 is 11.9 Å². The van der Waals surface area contributed by atoms with Crippen LogP contribution in [0.3, 0.4) is 0 Å². The Morgan fingerprint density at radius 2 is 1.88 bits per heavy atom. The van der Waals surface area contributed by atoms with Gasteiger partial charge in [0.2, 0.25) is 6.54 Å². The molecule has 1 fully saturated rings. The smallest absolute Gasteiger partial charge is 0.323 e. The van der Waals surface area contributed by atoms with Crippen molar-refractivity contribution in [3.8, 4) is 0 Å². The number of nitrogens with zero attached hydrogens (tertiary/aromatic N) is 1. The SMILES string of the molecule is COC(=O)C1(C(=O)OC)CCCC1C[N+](=O)[O-]. The molecule has 1 rings (SSSR count). The summed E-state index contributed by atoms with van der Waals surface area (Å²) in [5.74, 6) is -2.14.